The fourth-order valence-electron chi connectivity index (χ4n) is 1.52. The van der Waals surface area contributed by atoms with Crippen molar-refractivity contribution in [2.45, 2.75) is 0 Å². The molecule has 14 heavy (non-hydrogen) atoms. The second kappa shape index (κ2) is 2.92. The van der Waals surface area contributed by atoms with Crippen molar-refractivity contribution in [1.82, 2.24) is 14.8 Å². The van der Waals surface area contributed by atoms with E-state index in [1.807, 2.05) is 22.9 Å². The van der Waals surface area contributed by atoms with Gasteiger partial charge < -0.3 is 0 Å². The second-order valence-corrected chi connectivity index (χ2v) is 3.78. The Labute approximate surface area is 84.6 Å². The van der Waals surface area contributed by atoms with Crippen molar-refractivity contribution >= 4 is 22.2 Å². The van der Waals surface area contributed by atoms with Crippen molar-refractivity contribution in [2.24, 2.45) is 0 Å². The van der Waals surface area contributed by atoms with Crippen LogP contribution in [0.15, 0.2) is 42.0 Å². The van der Waals surface area contributed by atoms with Crippen LogP contribution in [0.3, 0.4) is 0 Å². The normalized spacial score (nSPS) is 10.9. The fraction of sp³-hybridized carbons (Fsp3) is 0. The highest BCUT2D eigenvalue weighted by atomic mass is 32.1. The standard InChI is InChI=1S/C10H7N3S/c1-2-4-9-8(3-1)5-6-13(9)10-12-11-7-14-10/h1-7H. The van der Waals surface area contributed by atoms with Crippen LogP contribution in [0.5, 0.6) is 0 Å². The summed E-state index contributed by atoms with van der Waals surface area (Å²) in [5.74, 6) is 0. The molecule has 0 unspecified atom stereocenters. The van der Waals surface area contributed by atoms with Crippen molar-refractivity contribution in [3.63, 3.8) is 0 Å². The summed E-state index contributed by atoms with van der Waals surface area (Å²) < 4.78 is 2.05. The Hall–Kier alpha value is -1.68. The summed E-state index contributed by atoms with van der Waals surface area (Å²) in [5, 5.41) is 10.0. The highest BCUT2D eigenvalue weighted by Crippen LogP contribution is 2.20. The molecule has 3 aromatic rings. The maximum absolute atomic E-state index is 4.04. The van der Waals surface area contributed by atoms with Gasteiger partial charge in [-0.25, -0.2) is 0 Å². The van der Waals surface area contributed by atoms with Gasteiger partial charge in [-0.05, 0) is 12.1 Å². The summed E-state index contributed by atoms with van der Waals surface area (Å²) in [6, 6.07) is 10.3. The number of hydrogen-bond donors (Lipinski definition) is 0. The van der Waals surface area contributed by atoms with E-state index in [-0.39, 0.29) is 0 Å². The van der Waals surface area contributed by atoms with Crippen LogP contribution in [0.4, 0.5) is 0 Å². The molecule has 0 spiro atoms. The molecule has 0 aliphatic heterocycles. The lowest BCUT2D eigenvalue weighted by molar-refractivity contribution is 0.995. The highest BCUT2D eigenvalue weighted by molar-refractivity contribution is 7.11. The molecule has 0 fully saturated rings. The van der Waals surface area contributed by atoms with Crippen LogP contribution >= 0.6 is 11.3 Å². The Kier molecular flexibility index (Phi) is 1.61. The topological polar surface area (TPSA) is 30.7 Å². The van der Waals surface area contributed by atoms with Crippen LogP contribution in [0.2, 0.25) is 0 Å². The van der Waals surface area contributed by atoms with E-state index in [0.717, 1.165) is 5.13 Å². The van der Waals surface area contributed by atoms with Crippen molar-refractivity contribution in [3.05, 3.63) is 42.0 Å². The van der Waals surface area contributed by atoms with Crippen LogP contribution < -0.4 is 0 Å². The minimum atomic E-state index is 0.909. The van der Waals surface area contributed by atoms with Gasteiger partial charge in [-0.15, -0.1) is 10.2 Å². The van der Waals surface area contributed by atoms with E-state index >= 15 is 0 Å². The lowest BCUT2D eigenvalue weighted by Gasteiger charge is -1.97. The molecule has 0 bridgehead atoms. The lowest BCUT2D eigenvalue weighted by atomic mass is 10.2. The van der Waals surface area contributed by atoms with Gasteiger partial charge in [0.2, 0.25) is 5.13 Å². The summed E-state index contributed by atoms with van der Waals surface area (Å²) in [6.45, 7) is 0. The Morgan fingerprint density at radius 2 is 2.07 bits per heavy atom. The van der Waals surface area contributed by atoms with E-state index in [1.165, 1.54) is 22.2 Å². The summed E-state index contributed by atoms with van der Waals surface area (Å²) in [7, 11) is 0. The molecule has 2 aromatic heterocycles. The van der Waals surface area contributed by atoms with Gasteiger partial charge in [0, 0.05) is 11.6 Å². The van der Waals surface area contributed by atoms with Gasteiger partial charge in [0.15, 0.2) is 0 Å². The number of nitrogens with zero attached hydrogens (tertiary/aromatic N) is 3. The molecule has 0 saturated carbocycles. The van der Waals surface area contributed by atoms with Crippen molar-refractivity contribution in [1.29, 1.82) is 0 Å². The molecule has 3 rings (SSSR count). The van der Waals surface area contributed by atoms with E-state index in [2.05, 4.69) is 28.4 Å². The Balaban J connectivity index is 2.33. The SMILES string of the molecule is c1ccc2c(c1)ccn2-c1nncs1. The van der Waals surface area contributed by atoms with E-state index in [1.54, 1.807) is 5.51 Å². The van der Waals surface area contributed by atoms with Crippen LogP contribution in [0.25, 0.3) is 16.0 Å². The van der Waals surface area contributed by atoms with Crippen LogP contribution in [0.1, 0.15) is 0 Å². The largest absolute Gasteiger partial charge is 0.291 e. The molecule has 0 aliphatic rings. The molecule has 1 aromatic carbocycles. The first kappa shape index (κ1) is 7.70. The number of benzene rings is 1. The predicted octanol–water partition coefficient (Wildman–Crippen LogP) is 2.48. The molecule has 0 radical (unpaired) electrons. The van der Waals surface area contributed by atoms with Gasteiger partial charge in [-0.2, -0.15) is 0 Å². The minimum absolute atomic E-state index is 0.909. The van der Waals surface area contributed by atoms with Gasteiger partial charge >= 0.3 is 0 Å². The predicted molar refractivity (Wildman–Crippen MR) is 56.7 cm³/mol. The number of para-hydroxylation sites is 1. The third kappa shape index (κ3) is 1.04. The summed E-state index contributed by atoms with van der Waals surface area (Å²) >= 11 is 1.54. The first-order chi connectivity index (χ1) is 6.95. The van der Waals surface area contributed by atoms with Crippen molar-refractivity contribution in [2.75, 3.05) is 0 Å². The Morgan fingerprint density at radius 1 is 1.14 bits per heavy atom. The van der Waals surface area contributed by atoms with Gasteiger partial charge in [0.25, 0.3) is 0 Å². The van der Waals surface area contributed by atoms with Gasteiger partial charge in [-0.3, -0.25) is 4.57 Å². The fourth-order valence-corrected chi connectivity index (χ4v) is 2.08. The van der Waals surface area contributed by atoms with Crippen molar-refractivity contribution in [3.8, 4) is 5.13 Å². The van der Waals surface area contributed by atoms with Gasteiger partial charge in [-0.1, -0.05) is 29.5 Å². The molecule has 68 valence electrons. The van der Waals surface area contributed by atoms with Crippen molar-refractivity contribution < 1.29 is 0 Å². The van der Waals surface area contributed by atoms with Crippen LogP contribution in [0, 0.1) is 0 Å². The molecule has 0 atom stereocenters. The van der Waals surface area contributed by atoms with E-state index < -0.39 is 0 Å². The van der Waals surface area contributed by atoms with E-state index in [9.17, 15) is 0 Å². The van der Waals surface area contributed by atoms with Crippen LogP contribution in [-0.2, 0) is 0 Å². The molecule has 2 heterocycles. The zero-order valence-corrected chi connectivity index (χ0v) is 8.11. The highest BCUT2D eigenvalue weighted by Gasteiger charge is 2.03. The quantitative estimate of drug-likeness (QED) is 0.605. The first-order valence-corrected chi connectivity index (χ1v) is 5.16. The molecular formula is C10H7N3S. The molecular weight excluding hydrogens is 194 g/mol. The molecule has 0 aliphatic carbocycles. The first-order valence-electron chi connectivity index (χ1n) is 4.28. The molecule has 0 N–H and O–H groups in total. The summed E-state index contributed by atoms with van der Waals surface area (Å²) in [5.41, 5.74) is 2.91. The second-order valence-electron chi connectivity index (χ2n) is 2.97. The summed E-state index contributed by atoms with van der Waals surface area (Å²) in [4.78, 5) is 0. The maximum Gasteiger partial charge on any atom is 0.216 e. The maximum atomic E-state index is 4.04. The van der Waals surface area contributed by atoms with E-state index in [0.29, 0.717) is 0 Å². The monoisotopic (exact) mass is 201 g/mol. The third-order valence-electron chi connectivity index (χ3n) is 2.15. The van der Waals surface area contributed by atoms with Gasteiger partial charge in [0.05, 0.1) is 5.52 Å². The zero-order valence-electron chi connectivity index (χ0n) is 7.29. The number of hydrogen-bond acceptors (Lipinski definition) is 3. The smallest absolute Gasteiger partial charge is 0.216 e. The summed E-state index contributed by atoms with van der Waals surface area (Å²) in [6.07, 6.45) is 2.02. The third-order valence-corrected chi connectivity index (χ3v) is 2.84. The molecule has 0 amide bonds. The number of fused-ring (bicyclic) bond motifs is 1. The lowest BCUT2D eigenvalue weighted by Crippen LogP contribution is -1.89. The average molecular weight is 201 g/mol. The number of rotatable bonds is 1. The van der Waals surface area contributed by atoms with E-state index in [4.69, 9.17) is 0 Å². The minimum Gasteiger partial charge on any atom is -0.291 e. The molecule has 4 heteroatoms. The Morgan fingerprint density at radius 3 is 2.93 bits per heavy atom. The molecule has 0 saturated heterocycles. The average Bonchev–Trinajstić information content (AvgIpc) is 2.85. The number of aromatic nitrogens is 3. The van der Waals surface area contributed by atoms with Crippen LogP contribution in [-0.4, -0.2) is 14.8 Å². The Bertz CT molecular complexity index is 554. The zero-order chi connectivity index (χ0) is 9.38. The van der Waals surface area contributed by atoms with Gasteiger partial charge in [0.1, 0.15) is 5.51 Å². The molecule has 3 nitrogen and oxygen atoms in total.